The molecule has 2 aromatic rings. The van der Waals surface area contributed by atoms with Crippen LogP contribution in [0.4, 0.5) is 0 Å². The molecule has 0 atom stereocenters. The summed E-state index contributed by atoms with van der Waals surface area (Å²) in [6.07, 6.45) is 1.44. The predicted octanol–water partition coefficient (Wildman–Crippen LogP) is 1.26. The van der Waals surface area contributed by atoms with Crippen LogP contribution in [0.15, 0.2) is 32.5 Å². The van der Waals surface area contributed by atoms with Gasteiger partial charge in [-0.3, -0.25) is 0 Å². The summed E-state index contributed by atoms with van der Waals surface area (Å²) in [5.74, 6) is -0.904. The van der Waals surface area contributed by atoms with Crippen molar-refractivity contribution < 1.29 is 22.7 Å². The van der Waals surface area contributed by atoms with Crippen LogP contribution in [0.5, 0.6) is 0 Å². The molecule has 2 heterocycles. The van der Waals surface area contributed by atoms with Gasteiger partial charge in [0.25, 0.3) is 10.0 Å². The standard InChI is InChI=1S/C10H10N2O5S2/c1-12(5-7-3-2-4-17-7)19(15,16)10-8(9(13)14)11-6-18-10/h2-4,6H,5H2,1H3,(H,13,14). The lowest BCUT2D eigenvalue weighted by Gasteiger charge is -2.14. The van der Waals surface area contributed by atoms with Gasteiger partial charge in [-0.1, -0.05) is 0 Å². The van der Waals surface area contributed by atoms with Crippen LogP contribution in [0.1, 0.15) is 16.2 Å². The monoisotopic (exact) mass is 302 g/mol. The number of hydrogen-bond acceptors (Lipinski definition) is 6. The smallest absolute Gasteiger partial charge is 0.356 e. The molecule has 0 aromatic carbocycles. The van der Waals surface area contributed by atoms with E-state index >= 15 is 0 Å². The van der Waals surface area contributed by atoms with Crippen LogP contribution < -0.4 is 0 Å². The fourth-order valence-corrected chi connectivity index (χ4v) is 3.88. The summed E-state index contributed by atoms with van der Waals surface area (Å²) in [7, 11) is -2.55. The van der Waals surface area contributed by atoms with Crippen molar-refractivity contribution in [3.05, 3.63) is 35.4 Å². The summed E-state index contributed by atoms with van der Waals surface area (Å²) >= 11 is 0.774. The lowest BCUT2D eigenvalue weighted by atomic mass is 10.4. The molecule has 7 nitrogen and oxygen atoms in total. The van der Waals surface area contributed by atoms with E-state index in [1.54, 1.807) is 12.1 Å². The molecule has 0 saturated heterocycles. The minimum Gasteiger partial charge on any atom is -0.476 e. The molecule has 19 heavy (non-hydrogen) atoms. The highest BCUT2D eigenvalue weighted by molar-refractivity contribution is 7.91. The van der Waals surface area contributed by atoms with Gasteiger partial charge >= 0.3 is 5.97 Å². The highest BCUT2D eigenvalue weighted by Gasteiger charge is 2.29. The van der Waals surface area contributed by atoms with Crippen molar-refractivity contribution >= 4 is 27.3 Å². The molecule has 2 rings (SSSR count). The summed E-state index contributed by atoms with van der Waals surface area (Å²) in [5, 5.41) is 8.90. The minimum atomic E-state index is -3.90. The molecule has 9 heteroatoms. The van der Waals surface area contributed by atoms with Gasteiger partial charge in [-0.05, 0) is 12.1 Å². The SMILES string of the molecule is CN(Cc1ccco1)S(=O)(=O)c1scnc1C(=O)O. The Labute approximate surface area is 113 Å². The topological polar surface area (TPSA) is 101 Å². The maximum Gasteiger partial charge on any atom is 0.356 e. The normalized spacial score (nSPS) is 11.9. The number of nitrogens with zero attached hydrogens (tertiary/aromatic N) is 2. The highest BCUT2D eigenvalue weighted by atomic mass is 32.2. The molecule has 102 valence electrons. The predicted molar refractivity (Wildman–Crippen MR) is 66.4 cm³/mol. The fourth-order valence-electron chi connectivity index (χ4n) is 1.41. The van der Waals surface area contributed by atoms with Crippen molar-refractivity contribution in [2.75, 3.05) is 7.05 Å². The molecule has 0 aliphatic rings. The van der Waals surface area contributed by atoms with Gasteiger partial charge in [0.2, 0.25) is 0 Å². The summed E-state index contributed by atoms with van der Waals surface area (Å²) < 4.78 is 30.3. The average molecular weight is 302 g/mol. The van der Waals surface area contributed by atoms with E-state index in [2.05, 4.69) is 4.98 Å². The first-order chi connectivity index (χ1) is 8.93. The molecule has 0 saturated carbocycles. The van der Waals surface area contributed by atoms with Gasteiger partial charge < -0.3 is 9.52 Å². The molecule has 0 spiro atoms. The zero-order chi connectivity index (χ0) is 14.0. The second-order valence-corrected chi connectivity index (χ2v) is 6.73. The molecular formula is C10H10N2O5S2. The van der Waals surface area contributed by atoms with Crippen LogP contribution in [0.2, 0.25) is 0 Å². The molecule has 0 aliphatic carbocycles. The van der Waals surface area contributed by atoms with E-state index in [1.807, 2.05) is 0 Å². The Hall–Kier alpha value is -1.71. The van der Waals surface area contributed by atoms with Gasteiger partial charge in [-0.2, -0.15) is 4.31 Å². The van der Waals surface area contributed by atoms with Gasteiger partial charge in [0.05, 0.1) is 18.3 Å². The molecule has 0 aliphatic heterocycles. The molecular weight excluding hydrogens is 292 g/mol. The minimum absolute atomic E-state index is 0.0201. The van der Waals surface area contributed by atoms with Crippen molar-refractivity contribution in [3.63, 3.8) is 0 Å². The number of sulfonamides is 1. The van der Waals surface area contributed by atoms with Crippen molar-refractivity contribution in [1.82, 2.24) is 9.29 Å². The van der Waals surface area contributed by atoms with Crippen molar-refractivity contribution in [1.29, 1.82) is 0 Å². The maximum atomic E-state index is 12.2. The van der Waals surface area contributed by atoms with Gasteiger partial charge in [0.15, 0.2) is 9.90 Å². The third kappa shape index (κ3) is 2.67. The van der Waals surface area contributed by atoms with Crippen LogP contribution in [0.3, 0.4) is 0 Å². The van der Waals surface area contributed by atoms with Crippen LogP contribution in [-0.2, 0) is 16.6 Å². The highest BCUT2D eigenvalue weighted by Crippen LogP contribution is 2.24. The molecule has 1 N–H and O–H groups in total. The van der Waals surface area contributed by atoms with Crippen LogP contribution in [0.25, 0.3) is 0 Å². The van der Waals surface area contributed by atoms with Crippen LogP contribution in [-0.4, -0.2) is 35.8 Å². The number of carbonyl (C=O) groups is 1. The van der Waals surface area contributed by atoms with Crippen molar-refractivity contribution in [2.24, 2.45) is 0 Å². The largest absolute Gasteiger partial charge is 0.476 e. The molecule has 0 unspecified atom stereocenters. The van der Waals surface area contributed by atoms with E-state index in [0.717, 1.165) is 15.6 Å². The first kappa shape index (κ1) is 13.7. The van der Waals surface area contributed by atoms with Gasteiger partial charge in [0.1, 0.15) is 5.76 Å². The number of rotatable bonds is 5. The Morgan fingerprint density at radius 3 is 2.89 bits per heavy atom. The Bertz CT molecular complexity index is 675. The molecule has 0 fully saturated rings. The zero-order valence-electron chi connectivity index (χ0n) is 9.81. The summed E-state index contributed by atoms with van der Waals surface area (Å²) in [6.45, 7) is 0.0201. The lowest BCUT2D eigenvalue weighted by Crippen LogP contribution is -2.27. The van der Waals surface area contributed by atoms with Gasteiger partial charge in [-0.25, -0.2) is 18.2 Å². The Morgan fingerprint density at radius 1 is 1.58 bits per heavy atom. The number of thiazole rings is 1. The number of carboxylic acid groups (broad SMARTS) is 1. The second kappa shape index (κ2) is 5.11. The molecule has 2 aromatic heterocycles. The first-order valence-electron chi connectivity index (χ1n) is 5.08. The first-order valence-corrected chi connectivity index (χ1v) is 7.40. The van der Waals surface area contributed by atoms with E-state index in [-0.39, 0.29) is 10.8 Å². The summed E-state index contributed by atoms with van der Waals surface area (Å²) in [5.41, 5.74) is 0.730. The van der Waals surface area contributed by atoms with Crippen molar-refractivity contribution in [2.45, 2.75) is 10.8 Å². The lowest BCUT2D eigenvalue weighted by molar-refractivity contribution is 0.0687. The number of aromatic carboxylic acids is 1. The van der Waals surface area contributed by atoms with Crippen LogP contribution >= 0.6 is 11.3 Å². The number of aromatic nitrogens is 1. The van der Waals surface area contributed by atoms with Gasteiger partial charge in [-0.15, -0.1) is 11.3 Å². The van der Waals surface area contributed by atoms with Crippen LogP contribution in [0, 0.1) is 0 Å². The fraction of sp³-hybridized carbons (Fsp3) is 0.200. The second-order valence-electron chi connectivity index (χ2n) is 3.63. The third-order valence-electron chi connectivity index (χ3n) is 2.34. The summed E-state index contributed by atoms with van der Waals surface area (Å²) in [6, 6.07) is 3.28. The van der Waals surface area contributed by atoms with E-state index in [1.165, 1.54) is 18.8 Å². The number of hydrogen-bond donors (Lipinski definition) is 1. The summed E-state index contributed by atoms with van der Waals surface area (Å²) in [4.78, 5) is 14.5. The molecule has 0 radical (unpaired) electrons. The third-order valence-corrected chi connectivity index (χ3v) is 5.49. The van der Waals surface area contributed by atoms with E-state index < -0.39 is 21.7 Å². The van der Waals surface area contributed by atoms with E-state index in [0.29, 0.717) is 5.76 Å². The Morgan fingerprint density at radius 2 is 2.32 bits per heavy atom. The van der Waals surface area contributed by atoms with Crippen molar-refractivity contribution in [3.8, 4) is 0 Å². The number of furan rings is 1. The molecule has 0 bridgehead atoms. The maximum absolute atomic E-state index is 12.2. The molecule has 0 amide bonds. The Kier molecular flexibility index (Phi) is 3.69. The number of carboxylic acids is 1. The Balaban J connectivity index is 2.31. The average Bonchev–Trinajstić information content (AvgIpc) is 2.98. The van der Waals surface area contributed by atoms with Gasteiger partial charge in [0, 0.05) is 7.05 Å². The van der Waals surface area contributed by atoms with E-state index in [9.17, 15) is 13.2 Å². The zero-order valence-corrected chi connectivity index (χ0v) is 11.4. The van der Waals surface area contributed by atoms with E-state index in [4.69, 9.17) is 9.52 Å². The quantitative estimate of drug-likeness (QED) is 0.892.